The number of nitrogens with zero attached hydrogens (tertiary/aromatic N) is 1. The lowest BCUT2D eigenvalue weighted by Crippen LogP contribution is -2.18. The molecule has 1 aromatic heterocycles. The Hall–Kier alpha value is -1.08. The Balaban J connectivity index is 2.55. The van der Waals surface area contributed by atoms with Gasteiger partial charge in [0, 0.05) is 0 Å². The van der Waals surface area contributed by atoms with Crippen LogP contribution < -0.4 is 10.0 Å². The summed E-state index contributed by atoms with van der Waals surface area (Å²) < 4.78 is 26.2. The molecule has 0 spiro atoms. The third-order valence-electron chi connectivity index (χ3n) is 2.48. The van der Waals surface area contributed by atoms with E-state index in [1.807, 2.05) is 7.05 Å². The van der Waals surface area contributed by atoms with Crippen LogP contribution in [0, 0.1) is 13.8 Å². The van der Waals surface area contributed by atoms with Gasteiger partial charge in [-0.1, -0.05) is 0 Å². The van der Waals surface area contributed by atoms with Gasteiger partial charge in [-0.2, -0.15) is 5.10 Å². The van der Waals surface area contributed by atoms with Gasteiger partial charge in [-0.05, 0) is 40.3 Å². The molecular weight excluding hydrogens is 240 g/mol. The number of anilines is 1. The number of aromatic nitrogens is 2. The zero-order chi connectivity index (χ0) is 12.9. The zero-order valence-electron chi connectivity index (χ0n) is 10.5. The van der Waals surface area contributed by atoms with E-state index in [1.165, 1.54) is 0 Å². The Kier molecular flexibility index (Phi) is 4.95. The SMILES string of the molecule is CNCCCCS(=O)(=O)Nc1c(C)n[nH]c1C. The molecule has 3 N–H and O–H groups in total. The number of sulfonamides is 1. The zero-order valence-corrected chi connectivity index (χ0v) is 11.3. The second-order valence-electron chi connectivity index (χ2n) is 4.04. The number of nitrogens with one attached hydrogen (secondary N) is 3. The van der Waals surface area contributed by atoms with E-state index >= 15 is 0 Å². The lowest BCUT2D eigenvalue weighted by molar-refractivity contribution is 0.595. The lowest BCUT2D eigenvalue weighted by atomic mass is 10.3. The maximum absolute atomic E-state index is 11.8. The van der Waals surface area contributed by atoms with Crippen LogP contribution in [0.5, 0.6) is 0 Å². The van der Waals surface area contributed by atoms with Gasteiger partial charge < -0.3 is 5.32 Å². The minimum atomic E-state index is -3.27. The third-order valence-corrected chi connectivity index (χ3v) is 3.82. The maximum atomic E-state index is 11.8. The average Bonchev–Trinajstić information content (AvgIpc) is 2.56. The quantitative estimate of drug-likeness (QED) is 0.632. The summed E-state index contributed by atoms with van der Waals surface area (Å²) in [6.07, 6.45) is 1.49. The predicted octanol–water partition coefficient (Wildman–Crippen LogP) is 0.768. The van der Waals surface area contributed by atoms with Crippen LogP contribution in [0.1, 0.15) is 24.2 Å². The van der Waals surface area contributed by atoms with Crippen molar-refractivity contribution in [2.45, 2.75) is 26.7 Å². The van der Waals surface area contributed by atoms with Gasteiger partial charge in [0.05, 0.1) is 22.8 Å². The number of aryl methyl sites for hydroxylation is 2. The summed E-state index contributed by atoms with van der Waals surface area (Å²) in [5.41, 5.74) is 1.97. The smallest absolute Gasteiger partial charge is 0.232 e. The summed E-state index contributed by atoms with van der Waals surface area (Å²) >= 11 is 0. The topological polar surface area (TPSA) is 86.9 Å². The van der Waals surface area contributed by atoms with Gasteiger partial charge in [-0.15, -0.1) is 0 Å². The molecule has 0 aliphatic heterocycles. The van der Waals surface area contributed by atoms with Crippen LogP contribution in [0.25, 0.3) is 0 Å². The van der Waals surface area contributed by atoms with Gasteiger partial charge >= 0.3 is 0 Å². The van der Waals surface area contributed by atoms with E-state index in [-0.39, 0.29) is 5.75 Å². The van der Waals surface area contributed by atoms with Crippen LogP contribution in [-0.2, 0) is 10.0 Å². The molecule has 1 aromatic rings. The molecule has 0 aliphatic carbocycles. The van der Waals surface area contributed by atoms with E-state index in [2.05, 4.69) is 20.2 Å². The minimum absolute atomic E-state index is 0.138. The summed E-state index contributed by atoms with van der Waals surface area (Å²) in [5.74, 6) is 0.138. The molecule has 0 unspecified atom stereocenters. The van der Waals surface area contributed by atoms with E-state index in [4.69, 9.17) is 0 Å². The van der Waals surface area contributed by atoms with Crippen LogP contribution in [0.2, 0.25) is 0 Å². The van der Waals surface area contributed by atoms with E-state index in [9.17, 15) is 8.42 Å². The van der Waals surface area contributed by atoms with Crippen LogP contribution in [0.4, 0.5) is 5.69 Å². The number of hydrogen-bond acceptors (Lipinski definition) is 4. The summed E-state index contributed by atoms with van der Waals surface area (Å²) in [6.45, 7) is 4.39. The molecule has 7 heteroatoms. The van der Waals surface area contributed by atoms with Gasteiger partial charge in [0.15, 0.2) is 0 Å². The van der Waals surface area contributed by atoms with Crippen molar-refractivity contribution in [2.75, 3.05) is 24.1 Å². The molecule has 0 atom stereocenters. The van der Waals surface area contributed by atoms with Crippen LogP contribution in [0.3, 0.4) is 0 Å². The van der Waals surface area contributed by atoms with Crippen molar-refractivity contribution in [1.82, 2.24) is 15.5 Å². The Morgan fingerprint density at radius 2 is 2.00 bits per heavy atom. The summed E-state index contributed by atoms with van der Waals surface area (Å²) in [4.78, 5) is 0. The Bertz CT molecular complexity index is 433. The molecule has 98 valence electrons. The Morgan fingerprint density at radius 1 is 1.29 bits per heavy atom. The van der Waals surface area contributed by atoms with Crippen molar-refractivity contribution in [2.24, 2.45) is 0 Å². The second kappa shape index (κ2) is 6.02. The monoisotopic (exact) mass is 260 g/mol. The van der Waals surface area contributed by atoms with Crippen molar-refractivity contribution < 1.29 is 8.42 Å². The third kappa shape index (κ3) is 4.35. The van der Waals surface area contributed by atoms with Crippen LogP contribution in [-0.4, -0.2) is 38.0 Å². The Morgan fingerprint density at radius 3 is 2.53 bits per heavy atom. The fraction of sp³-hybridized carbons (Fsp3) is 0.700. The van der Waals surface area contributed by atoms with E-state index < -0.39 is 10.0 Å². The fourth-order valence-corrected chi connectivity index (χ4v) is 2.80. The highest BCUT2D eigenvalue weighted by Crippen LogP contribution is 2.17. The number of hydrogen-bond donors (Lipinski definition) is 3. The van der Waals surface area contributed by atoms with Crippen molar-refractivity contribution in [3.63, 3.8) is 0 Å². The minimum Gasteiger partial charge on any atom is -0.320 e. The van der Waals surface area contributed by atoms with Crippen LogP contribution >= 0.6 is 0 Å². The van der Waals surface area contributed by atoms with E-state index in [0.29, 0.717) is 17.8 Å². The largest absolute Gasteiger partial charge is 0.320 e. The van der Waals surface area contributed by atoms with Gasteiger partial charge in [0.25, 0.3) is 0 Å². The van der Waals surface area contributed by atoms with Crippen molar-refractivity contribution >= 4 is 15.7 Å². The fourth-order valence-electron chi connectivity index (χ4n) is 1.50. The molecule has 17 heavy (non-hydrogen) atoms. The summed E-state index contributed by atoms with van der Waals surface area (Å²) in [5, 5.41) is 9.68. The Labute approximate surface area is 102 Å². The molecule has 0 bridgehead atoms. The van der Waals surface area contributed by atoms with Gasteiger partial charge in [-0.25, -0.2) is 8.42 Å². The maximum Gasteiger partial charge on any atom is 0.232 e. The predicted molar refractivity (Wildman–Crippen MR) is 68.6 cm³/mol. The van der Waals surface area contributed by atoms with Gasteiger partial charge in [0.2, 0.25) is 10.0 Å². The van der Waals surface area contributed by atoms with Crippen molar-refractivity contribution in [3.05, 3.63) is 11.4 Å². The first kappa shape index (κ1) is 14.0. The first-order valence-corrected chi connectivity index (χ1v) is 7.28. The van der Waals surface area contributed by atoms with Gasteiger partial charge in [0.1, 0.15) is 0 Å². The second-order valence-corrected chi connectivity index (χ2v) is 5.88. The molecule has 1 rings (SSSR count). The highest BCUT2D eigenvalue weighted by atomic mass is 32.2. The van der Waals surface area contributed by atoms with Crippen LogP contribution in [0.15, 0.2) is 0 Å². The van der Waals surface area contributed by atoms with E-state index in [1.54, 1.807) is 13.8 Å². The molecule has 0 saturated carbocycles. The molecule has 1 heterocycles. The summed E-state index contributed by atoms with van der Waals surface area (Å²) in [7, 11) is -1.42. The highest BCUT2D eigenvalue weighted by molar-refractivity contribution is 7.92. The number of aromatic amines is 1. The molecule has 0 fully saturated rings. The average molecular weight is 260 g/mol. The highest BCUT2D eigenvalue weighted by Gasteiger charge is 2.14. The van der Waals surface area contributed by atoms with Gasteiger partial charge in [-0.3, -0.25) is 9.82 Å². The number of rotatable bonds is 7. The normalized spacial score (nSPS) is 11.7. The summed E-state index contributed by atoms with van der Waals surface area (Å²) in [6, 6.07) is 0. The van der Waals surface area contributed by atoms with Crippen molar-refractivity contribution in [3.8, 4) is 0 Å². The molecule has 0 radical (unpaired) electrons. The lowest BCUT2D eigenvalue weighted by Gasteiger charge is -2.07. The molecule has 0 saturated heterocycles. The molecule has 0 amide bonds. The number of H-pyrrole nitrogens is 1. The first-order valence-electron chi connectivity index (χ1n) is 5.63. The first-order chi connectivity index (χ1) is 7.96. The molecule has 0 aliphatic rings. The standard InChI is InChI=1S/C10H20N4O2S/c1-8-10(9(2)13-12-8)14-17(15,16)7-5-4-6-11-3/h11,14H,4-7H2,1-3H3,(H,12,13). The molecule has 6 nitrogen and oxygen atoms in total. The molecule has 0 aromatic carbocycles. The molecular formula is C10H20N4O2S. The number of unbranched alkanes of at least 4 members (excludes halogenated alkanes) is 1. The van der Waals surface area contributed by atoms with E-state index in [0.717, 1.165) is 18.7 Å². The van der Waals surface area contributed by atoms with Crippen molar-refractivity contribution in [1.29, 1.82) is 0 Å².